The summed E-state index contributed by atoms with van der Waals surface area (Å²) in [5, 5.41) is 0.545. The quantitative estimate of drug-likeness (QED) is 0.283. The van der Waals surface area contributed by atoms with Crippen LogP contribution in [0.5, 0.6) is 5.75 Å². The van der Waals surface area contributed by atoms with Crippen LogP contribution in [0, 0.1) is 0 Å². The number of fused-ring (bicyclic) bond motifs is 1. The summed E-state index contributed by atoms with van der Waals surface area (Å²) in [6.07, 6.45) is 10.3. The molecule has 1 aliphatic carbocycles. The predicted molar refractivity (Wildman–Crippen MR) is 124 cm³/mol. The molecule has 2 aliphatic heterocycles. The zero-order valence-corrected chi connectivity index (χ0v) is 19.2. The van der Waals surface area contributed by atoms with Crippen LogP contribution >= 0.6 is 11.6 Å². The first-order chi connectivity index (χ1) is 15.0. The number of pyridine rings is 1. The van der Waals surface area contributed by atoms with Crippen molar-refractivity contribution in [3.63, 3.8) is 0 Å². The molecule has 0 bridgehead atoms. The Labute approximate surface area is 188 Å². The zero-order valence-electron chi connectivity index (χ0n) is 18.4. The summed E-state index contributed by atoms with van der Waals surface area (Å²) in [5.41, 5.74) is 3.45. The van der Waals surface area contributed by atoms with Gasteiger partial charge in [-0.25, -0.2) is 19.2 Å². The molecule has 0 N–H and O–H groups in total. The summed E-state index contributed by atoms with van der Waals surface area (Å²) in [6.45, 7) is 4.81. The van der Waals surface area contributed by atoms with Gasteiger partial charge in [-0.15, -0.1) is 0 Å². The number of nitrogens with zero attached hydrogens (tertiary/aromatic N) is 4. The standard InChI is InChI=1S/C24H30ClN4O2/c1-17(2)29(16-30,19-7-5-4-6-8-19)20-10-9-18(22(13-20)31-3)14-28-12-11-21-23(24(28)25)27-15-26-21/h9-13,15-17,19H,4-8,14H2,1-3H3/q+1. The molecule has 3 aliphatic rings. The van der Waals surface area contributed by atoms with Crippen LogP contribution in [-0.2, 0) is 11.3 Å². The highest BCUT2D eigenvalue weighted by atomic mass is 35.5. The number of carbonyl (C=O) groups is 1. The molecular formula is C24H30ClN4O2+. The minimum atomic E-state index is 0.151. The van der Waals surface area contributed by atoms with E-state index in [0.29, 0.717) is 27.9 Å². The third kappa shape index (κ3) is 3.83. The summed E-state index contributed by atoms with van der Waals surface area (Å²) in [4.78, 5) is 21.0. The van der Waals surface area contributed by atoms with E-state index in [1.165, 1.54) is 25.6 Å². The van der Waals surface area contributed by atoms with E-state index in [2.05, 4.69) is 35.9 Å². The highest BCUT2D eigenvalue weighted by molar-refractivity contribution is 6.32. The molecule has 31 heavy (non-hydrogen) atoms. The Bertz CT molecular complexity index is 1030. The highest BCUT2D eigenvalue weighted by Crippen LogP contribution is 2.38. The topological polar surface area (TPSA) is 57.0 Å². The van der Waals surface area contributed by atoms with E-state index in [4.69, 9.17) is 16.3 Å². The number of amides is 1. The second kappa shape index (κ2) is 8.97. The largest absolute Gasteiger partial charge is 0.496 e. The van der Waals surface area contributed by atoms with Crippen molar-refractivity contribution >= 4 is 23.7 Å². The number of hydrogen-bond donors (Lipinski definition) is 0. The average molecular weight is 442 g/mol. The zero-order chi connectivity index (χ0) is 22.0. The Balaban J connectivity index is 1.72. The molecule has 1 aromatic carbocycles. The molecule has 1 aromatic rings. The van der Waals surface area contributed by atoms with Crippen LogP contribution in [0.1, 0.15) is 51.5 Å². The Hall–Kier alpha value is -2.44. The number of hydrogen-bond acceptors (Lipinski definition) is 4. The lowest BCUT2D eigenvalue weighted by molar-refractivity contribution is -0.121. The molecule has 0 radical (unpaired) electrons. The molecule has 2 heterocycles. The van der Waals surface area contributed by atoms with Gasteiger partial charge in [0.05, 0.1) is 25.4 Å². The van der Waals surface area contributed by atoms with Gasteiger partial charge < -0.3 is 9.30 Å². The van der Waals surface area contributed by atoms with Gasteiger partial charge in [-0.1, -0.05) is 18.0 Å². The van der Waals surface area contributed by atoms with Crippen molar-refractivity contribution in [2.24, 2.45) is 0 Å². The fourth-order valence-corrected chi connectivity index (χ4v) is 5.30. The van der Waals surface area contributed by atoms with E-state index >= 15 is 0 Å². The first-order valence-electron chi connectivity index (χ1n) is 11.0. The van der Waals surface area contributed by atoms with Crippen molar-refractivity contribution in [3.05, 3.63) is 47.5 Å². The molecule has 0 saturated heterocycles. The van der Waals surface area contributed by atoms with E-state index in [-0.39, 0.29) is 6.04 Å². The van der Waals surface area contributed by atoms with Crippen LogP contribution in [0.4, 0.5) is 5.69 Å². The molecule has 1 unspecified atom stereocenters. The molecule has 0 aromatic heterocycles. The third-order valence-electron chi connectivity index (χ3n) is 6.75. The van der Waals surface area contributed by atoms with Gasteiger partial charge in [0.1, 0.15) is 34.7 Å². The third-order valence-corrected chi connectivity index (χ3v) is 7.15. The maximum atomic E-state index is 12.6. The monoisotopic (exact) mass is 441 g/mol. The Morgan fingerprint density at radius 2 is 2.00 bits per heavy atom. The van der Waals surface area contributed by atoms with Gasteiger partial charge in [0.2, 0.25) is 0 Å². The lowest BCUT2D eigenvalue weighted by Gasteiger charge is -2.44. The van der Waals surface area contributed by atoms with Crippen molar-refractivity contribution in [2.75, 3.05) is 7.11 Å². The molecule has 1 saturated carbocycles. The van der Waals surface area contributed by atoms with Crippen LogP contribution in [-0.4, -0.2) is 40.1 Å². The molecule has 1 atom stereocenters. The van der Waals surface area contributed by atoms with Gasteiger partial charge in [-0.3, -0.25) is 0 Å². The number of aromatic nitrogens is 3. The van der Waals surface area contributed by atoms with E-state index < -0.39 is 0 Å². The van der Waals surface area contributed by atoms with Crippen molar-refractivity contribution in [2.45, 2.75) is 64.6 Å². The Morgan fingerprint density at radius 3 is 2.68 bits per heavy atom. The molecule has 1 fully saturated rings. The summed E-state index contributed by atoms with van der Waals surface area (Å²) in [7, 11) is 1.67. The van der Waals surface area contributed by atoms with Gasteiger partial charge in [0.25, 0.3) is 0 Å². The maximum Gasteiger partial charge on any atom is 0.307 e. The predicted octanol–water partition coefficient (Wildman–Crippen LogP) is 5.30. The van der Waals surface area contributed by atoms with Crippen LogP contribution in [0.2, 0.25) is 5.15 Å². The van der Waals surface area contributed by atoms with Gasteiger partial charge >= 0.3 is 6.41 Å². The summed E-state index contributed by atoms with van der Waals surface area (Å²) < 4.78 is 8.05. The van der Waals surface area contributed by atoms with Crippen LogP contribution in [0.3, 0.4) is 0 Å². The molecule has 7 heteroatoms. The minimum absolute atomic E-state index is 0.151. The van der Waals surface area contributed by atoms with Gasteiger partial charge in [-0.2, -0.15) is 0 Å². The van der Waals surface area contributed by atoms with Crippen LogP contribution in [0.15, 0.2) is 36.8 Å². The molecule has 4 rings (SSSR count). The van der Waals surface area contributed by atoms with Crippen molar-refractivity contribution in [1.82, 2.24) is 19.0 Å². The number of imidazole rings is 1. The van der Waals surface area contributed by atoms with E-state index in [0.717, 1.165) is 41.9 Å². The second-order valence-electron chi connectivity index (χ2n) is 8.66. The van der Waals surface area contributed by atoms with E-state index in [1.54, 1.807) is 7.11 Å². The smallest absolute Gasteiger partial charge is 0.307 e. The lowest BCUT2D eigenvalue weighted by Crippen LogP contribution is -2.60. The number of carbonyl (C=O) groups excluding carboxylic acids is 1. The maximum absolute atomic E-state index is 12.6. The second-order valence-corrected chi connectivity index (χ2v) is 9.02. The van der Waals surface area contributed by atoms with Crippen LogP contribution < -0.4 is 9.22 Å². The minimum Gasteiger partial charge on any atom is -0.496 e. The van der Waals surface area contributed by atoms with Crippen molar-refractivity contribution < 1.29 is 9.53 Å². The van der Waals surface area contributed by atoms with Gasteiger partial charge in [-0.05, 0) is 38.8 Å². The number of quaternary nitrogens is 1. The Kier molecular flexibility index (Phi) is 6.30. The lowest BCUT2D eigenvalue weighted by atomic mass is 9.90. The molecular weight excluding hydrogens is 412 g/mol. The van der Waals surface area contributed by atoms with E-state index in [9.17, 15) is 4.79 Å². The van der Waals surface area contributed by atoms with Crippen molar-refractivity contribution in [3.8, 4) is 17.1 Å². The molecule has 0 spiro atoms. The summed E-state index contributed by atoms with van der Waals surface area (Å²) in [5.74, 6) is 0.760. The fraction of sp³-hybridized carbons (Fsp3) is 0.458. The SMILES string of the molecule is COc1cc([N+](C=O)(C(C)C)C2CCCCC2)ccc1Cn1ccc2ncnc-2c1Cl. The number of methoxy groups -OCH3 is 1. The first-order valence-corrected chi connectivity index (χ1v) is 11.4. The van der Waals surface area contributed by atoms with Crippen LogP contribution in [0.25, 0.3) is 11.4 Å². The normalized spacial score (nSPS) is 17.1. The number of rotatable bonds is 7. The molecule has 164 valence electrons. The van der Waals surface area contributed by atoms with Gasteiger partial charge in [0, 0.05) is 36.7 Å². The highest BCUT2D eigenvalue weighted by Gasteiger charge is 2.43. The Morgan fingerprint density at radius 1 is 1.23 bits per heavy atom. The van der Waals surface area contributed by atoms with Gasteiger partial charge in [0.15, 0.2) is 0 Å². The van der Waals surface area contributed by atoms with Crippen molar-refractivity contribution in [1.29, 1.82) is 0 Å². The van der Waals surface area contributed by atoms with E-state index in [1.807, 2.05) is 22.9 Å². The summed E-state index contributed by atoms with van der Waals surface area (Å²) >= 11 is 6.57. The fourth-order valence-electron chi connectivity index (χ4n) is 5.04. The molecule has 1 amide bonds. The summed E-state index contributed by atoms with van der Waals surface area (Å²) in [6, 6.07) is 8.54. The first kappa shape index (κ1) is 21.8. The number of benzene rings is 1. The number of halogens is 1. The average Bonchev–Trinajstić information content (AvgIpc) is 3.27. The number of ether oxygens (including phenoxy) is 1. The molecule has 6 nitrogen and oxygen atoms in total.